The average Bonchev–Trinajstić information content (AvgIpc) is 2.57. The second-order valence-electron chi connectivity index (χ2n) is 7.61. The predicted molar refractivity (Wildman–Crippen MR) is 105 cm³/mol. The van der Waals surface area contributed by atoms with Crippen LogP contribution in [0.3, 0.4) is 0 Å². The Morgan fingerprint density at radius 3 is 1.74 bits per heavy atom. The summed E-state index contributed by atoms with van der Waals surface area (Å²) in [7, 11) is 0. The molecule has 0 aliphatic heterocycles. The molecule has 0 saturated heterocycles. The molecule has 1 aromatic rings. The normalized spacial score (nSPS) is 13.9. The first-order chi connectivity index (χ1) is 11.2. The number of hydrogen-bond donors (Lipinski definition) is 0. The second kappa shape index (κ2) is 13.6. The third-order valence-electron chi connectivity index (χ3n) is 5.38. The van der Waals surface area contributed by atoms with Crippen molar-refractivity contribution in [1.29, 1.82) is 0 Å². The van der Waals surface area contributed by atoms with E-state index in [1.165, 1.54) is 82.6 Å². The van der Waals surface area contributed by atoms with Crippen LogP contribution in [0.5, 0.6) is 0 Å². The van der Waals surface area contributed by atoms with E-state index in [4.69, 9.17) is 0 Å². The molecule has 0 radical (unpaired) electrons. The van der Waals surface area contributed by atoms with Gasteiger partial charge < -0.3 is 0 Å². The Morgan fingerprint density at radius 1 is 0.652 bits per heavy atom. The van der Waals surface area contributed by atoms with Crippen LogP contribution in [0.15, 0.2) is 30.3 Å². The van der Waals surface area contributed by atoms with Gasteiger partial charge >= 0.3 is 0 Å². The van der Waals surface area contributed by atoms with Crippen molar-refractivity contribution in [3.8, 4) is 0 Å². The van der Waals surface area contributed by atoms with Gasteiger partial charge in [0.05, 0.1) is 0 Å². The fraction of sp³-hybridized carbons (Fsp3) is 0.739. The lowest BCUT2D eigenvalue weighted by molar-refractivity contribution is 0.348. The third kappa shape index (κ3) is 10.6. The van der Waals surface area contributed by atoms with Crippen molar-refractivity contribution in [3.63, 3.8) is 0 Å². The summed E-state index contributed by atoms with van der Waals surface area (Å²) in [5, 5.41) is 0. The van der Waals surface area contributed by atoms with Gasteiger partial charge in [-0.05, 0) is 23.8 Å². The van der Waals surface area contributed by atoms with Crippen molar-refractivity contribution in [2.45, 2.75) is 97.8 Å². The van der Waals surface area contributed by atoms with Gasteiger partial charge in [0.15, 0.2) is 0 Å². The molecule has 0 aliphatic rings. The summed E-state index contributed by atoms with van der Waals surface area (Å²) < 4.78 is 0. The third-order valence-corrected chi connectivity index (χ3v) is 5.38. The van der Waals surface area contributed by atoms with Gasteiger partial charge in [-0.1, -0.05) is 122 Å². The van der Waals surface area contributed by atoms with Crippen LogP contribution in [-0.2, 0) is 6.42 Å². The molecule has 1 aromatic carbocycles. The van der Waals surface area contributed by atoms with Gasteiger partial charge in [0.2, 0.25) is 0 Å². The Kier molecular flexibility index (Phi) is 12.0. The Labute approximate surface area is 146 Å². The molecule has 0 aromatic heterocycles. The van der Waals surface area contributed by atoms with E-state index in [-0.39, 0.29) is 0 Å². The van der Waals surface area contributed by atoms with E-state index in [9.17, 15) is 0 Å². The monoisotopic (exact) mass is 316 g/mol. The molecule has 0 nitrogen and oxygen atoms in total. The number of hydrogen-bond acceptors (Lipinski definition) is 0. The molecule has 0 heterocycles. The van der Waals surface area contributed by atoms with E-state index >= 15 is 0 Å². The fourth-order valence-corrected chi connectivity index (χ4v) is 3.43. The zero-order chi connectivity index (χ0) is 16.8. The summed E-state index contributed by atoms with van der Waals surface area (Å²) in [6, 6.07) is 11.0. The molecule has 0 heteroatoms. The van der Waals surface area contributed by atoms with Gasteiger partial charge in [0, 0.05) is 0 Å². The molecule has 2 unspecified atom stereocenters. The smallest absolute Gasteiger partial charge is 0.0250 e. The van der Waals surface area contributed by atoms with Gasteiger partial charge in [-0.3, -0.25) is 0 Å². The highest BCUT2D eigenvalue weighted by Crippen LogP contribution is 2.22. The lowest BCUT2D eigenvalue weighted by Gasteiger charge is -2.20. The van der Waals surface area contributed by atoms with Crippen molar-refractivity contribution in [2.75, 3.05) is 0 Å². The van der Waals surface area contributed by atoms with Crippen LogP contribution >= 0.6 is 0 Å². The topological polar surface area (TPSA) is 0 Å². The molecule has 0 spiro atoms. The van der Waals surface area contributed by atoms with Crippen LogP contribution in [0.1, 0.15) is 97.0 Å². The van der Waals surface area contributed by atoms with Crippen molar-refractivity contribution in [3.05, 3.63) is 35.9 Å². The van der Waals surface area contributed by atoms with Gasteiger partial charge in [-0.2, -0.15) is 0 Å². The van der Waals surface area contributed by atoms with E-state index in [0.29, 0.717) is 0 Å². The molecule has 2 atom stereocenters. The molecule has 23 heavy (non-hydrogen) atoms. The molecule has 132 valence electrons. The van der Waals surface area contributed by atoms with Crippen molar-refractivity contribution < 1.29 is 0 Å². The maximum atomic E-state index is 2.45. The zero-order valence-corrected chi connectivity index (χ0v) is 16.0. The minimum Gasteiger partial charge on any atom is -0.0654 e. The van der Waals surface area contributed by atoms with Crippen LogP contribution in [0.2, 0.25) is 0 Å². The SMILES string of the molecule is CCCCCCCCCCCCC(C)C(C)Cc1ccccc1. The minimum atomic E-state index is 0.802. The lowest BCUT2D eigenvalue weighted by Crippen LogP contribution is -2.11. The van der Waals surface area contributed by atoms with Crippen molar-refractivity contribution in [1.82, 2.24) is 0 Å². The van der Waals surface area contributed by atoms with Crippen molar-refractivity contribution in [2.24, 2.45) is 11.8 Å². The van der Waals surface area contributed by atoms with E-state index in [1.807, 2.05) is 0 Å². The van der Waals surface area contributed by atoms with Gasteiger partial charge in [0.25, 0.3) is 0 Å². The molecular weight excluding hydrogens is 276 g/mol. The molecule has 0 fully saturated rings. The molecule has 0 amide bonds. The van der Waals surface area contributed by atoms with E-state index < -0.39 is 0 Å². The average molecular weight is 317 g/mol. The molecule has 0 saturated carbocycles. The summed E-state index contributed by atoms with van der Waals surface area (Å²) in [6.45, 7) is 7.16. The number of unbranched alkanes of at least 4 members (excludes halogenated alkanes) is 9. The lowest BCUT2D eigenvalue weighted by atomic mass is 9.86. The summed E-state index contributed by atoms with van der Waals surface area (Å²) >= 11 is 0. The maximum Gasteiger partial charge on any atom is -0.0250 e. The quantitative estimate of drug-likeness (QED) is 0.307. The second-order valence-corrected chi connectivity index (χ2v) is 7.61. The highest BCUT2D eigenvalue weighted by Gasteiger charge is 2.12. The largest absolute Gasteiger partial charge is 0.0654 e. The highest BCUT2D eigenvalue weighted by molar-refractivity contribution is 5.15. The molecule has 1 rings (SSSR count). The Bertz CT molecular complexity index is 354. The summed E-state index contributed by atoms with van der Waals surface area (Å²) in [5.41, 5.74) is 1.50. The first kappa shape index (κ1) is 20.3. The van der Waals surface area contributed by atoms with Gasteiger partial charge in [-0.15, -0.1) is 0 Å². The Hall–Kier alpha value is -0.780. The van der Waals surface area contributed by atoms with E-state index in [0.717, 1.165) is 11.8 Å². The van der Waals surface area contributed by atoms with Gasteiger partial charge in [0.1, 0.15) is 0 Å². The first-order valence-corrected chi connectivity index (χ1v) is 10.3. The fourth-order valence-electron chi connectivity index (χ4n) is 3.43. The van der Waals surface area contributed by atoms with E-state index in [2.05, 4.69) is 51.1 Å². The van der Waals surface area contributed by atoms with Crippen LogP contribution in [0.4, 0.5) is 0 Å². The minimum absolute atomic E-state index is 0.802. The molecule has 0 N–H and O–H groups in total. The summed E-state index contributed by atoms with van der Waals surface area (Å²) in [4.78, 5) is 0. The standard InChI is InChI=1S/C23H40/c1-4-5-6-7-8-9-10-11-12-14-17-21(2)22(3)20-23-18-15-13-16-19-23/h13,15-16,18-19,21-22H,4-12,14,17,20H2,1-3H3. The van der Waals surface area contributed by atoms with Crippen LogP contribution in [0.25, 0.3) is 0 Å². The van der Waals surface area contributed by atoms with Crippen LogP contribution in [-0.4, -0.2) is 0 Å². The van der Waals surface area contributed by atoms with Crippen molar-refractivity contribution >= 4 is 0 Å². The number of rotatable bonds is 14. The highest BCUT2D eigenvalue weighted by atomic mass is 14.2. The molecule has 0 aliphatic carbocycles. The van der Waals surface area contributed by atoms with Gasteiger partial charge in [-0.25, -0.2) is 0 Å². The van der Waals surface area contributed by atoms with Crippen LogP contribution < -0.4 is 0 Å². The number of benzene rings is 1. The summed E-state index contributed by atoms with van der Waals surface area (Å²) in [6.07, 6.45) is 17.1. The Balaban J connectivity index is 1.96. The Morgan fingerprint density at radius 2 is 1.17 bits per heavy atom. The van der Waals surface area contributed by atoms with E-state index in [1.54, 1.807) is 0 Å². The first-order valence-electron chi connectivity index (χ1n) is 10.3. The van der Waals surface area contributed by atoms with Crippen LogP contribution in [0, 0.1) is 11.8 Å². The predicted octanol–water partition coefficient (Wildman–Crippen LogP) is 7.81. The molecular formula is C23H40. The summed E-state index contributed by atoms with van der Waals surface area (Å²) in [5.74, 6) is 1.65. The zero-order valence-electron chi connectivity index (χ0n) is 16.0. The maximum absolute atomic E-state index is 2.45. The molecule has 0 bridgehead atoms.